The molecular weight excluding hydrogens is 370 g/mol. The fourth-order valence-electron chi connectivity index (χ4n) is 3.07. The van der Waals surface area contributed by atoms with Crippen LogP contribution in [-0.4, -0.2) is 25.6 Å². The topological polar surface area (TPSA) is 54.5 Å². The second-order valence-electron chi connectivity index (χ2n) is 6.04. The molecule has 0 amide bonds. The van der Waals surface area contributed by atoms with Crippen LogP contribution in [0.2, 0.25) is 5.02 Å². The number of rotatable bonds is 2. The molecule has 0 spiro atoms. The van der Waals surface area contributed by atoms with Crippen molar-refractivity contribution >= 4 is 44.3 Å². The van der Waals surface area contributed by atoms with Gasteiger partial charge in [0, 0.05) is 23.2 Å². The number of hydrogen-bond donors (Lipinski definition) is 0. The minimum absolute atomic E-state index is 0.0703. The zero-order valence-electron chi connectivity index (χ0n) is 13.8. The summed E-state index contributed by atoms with van der Waals surface area (Å²) in [6, 6.07) is 17.7. The number of benzene rings is 3. The summed E-state index contributed by atoms with van der Waals surface area (Å²) in [6.45, 7) is 0. The van der Waals surface area contributed by atoms with Gasteiger partial charge in [0.1, 0.15) is 5.70 Å². The lowest BCUT2D eigenvalue weighted by atomic mass is 10.0. The maximum absolute atomic E-state index is 13.0. The lowest BCUT2D eigenvalue weighted by Gasteiger charge is -2.27. The van der Waals surface area contributed by atoms with Crippen molar-refractivity contribution in [2.75, 3.05) is 7.05 Å². The normalized spacial score (nSPS) is 15.5. The third-order valence-electron chi connectivity index (χ3n) is 4.52. The van der Waals surface area contributed by atoms with Crippen LogP contribution < -0.4 is 0 Å². The summed E-state index contributed by atoms with van der Waals surface area (Å²) in [7, 11) is -2.45. The van der Waals surface area contributed by atoms with Gasteiger partial charge in [-0.3, -0.25) is 9.10 Å². The summed E-state index contributed by atoms with van der Waals surface area (Å²) in [5, 5.41) is 2.22. The predicted octanol–water partition coefficient (Wildman–Crippen LogP) is 4.35. The van der Waals surface area contributed by atoms with Crippen LogP contribution >= 0.6 is 11.6 Å². The van der Waals surface area contributed by atoms with E-state index < -0.39 is 10.0 Å². The number of carbonyl (C=O) groups is 1. The SMILES string of the molecule is CN1C(C(=O)c2ccc3ccccc3c2)=Cc2c(Cl)cccc2S1(=O)=O. The molecule has 6 heteroatoms. The Kier molecular flexibility index (Phi) is 3.86. The van der Waals surface area contributed by atoms with Crippen LogP contribution in [0.1, 0.15) is 15.9 Å². The van der Waals surface area contributed by atoms with Crippen molar-refractivity contribution in [2.24, 2.45) is 0 Å². The zero-order valence-corrected chi connectivity index (χ0v) is 15.4. The zero-order chi connectivity index (χ0) is 18.5. The monoisotopic (exact) mass is 383 g/mol. The molecule has 3 aromatic carbocycles. The van der Waals surface area contributed by atoms with Gasteiger partial charge in [-0.25, -0.2) is 8.42 Å². The third-order valence-corrected chi connectivity index (χ3v) is 6.68. The molecule has 3 aromatic rings. The van der Waals surface area contributed by atoms with Gasteiger partial charge in [-0.1, -0.05) is 54.1 Å². The molecule has 0 N–H and O–H groups in total. The van der Waals surface area contributed by atoms with Crippen molar-refractivity contribution in [3.8, 4) is 0 Å². The molecule has 0 saturated carbocycles. The molecule has 0 aromatic heterocycles. The van der Waals surface area contributed by atoms with Crippen LogP contribution in [0.3, 0.4) is 0 Å². The second-order valence-corrected chi connectivity index (χ2v) is 8.39. The molecular formula is C20H14ClNO3S. The molecule has 130 valence electrons. The van der Waals surface area contributed by atoms with Crippen molar-refractivity contribution in [3.63, 3.8) is 0 Å². The molecule has 4 nitrogen and oxygen atoms in total. The second kappa shape index (κ2) is 5.97. The quantitative estimate of drug-likeness (QED) is 0.618. The van der Waals surface area contributed by atoms with Crippen LogP contribution in [0.25, 0.3) is 16.8 Å². The van der Waals surface area contributed by atoms with Crippen LogP contribution in [-0.2, 0) is 10.0 Å². The van der Waals surface area contributed by atoms with Crippen molar-refractivity contribution in [1.29, 1.82) is 0 Å². The number of nitrogens with zero attached hydrogens (tertiary/aromatic N) is 1. The highest BCUT2D eigenvalue weighted by Crippen LogP contribution is 2.35. The first-order valence-corrected chi connectivity index (χ1v) is 9.74. The van der Waals surface area contributed by atoms with E-state index in [-0.39, 0.29) is 16.4 Å². The van der Waals surface area contributed by atoms with Gasteiger partial charge >= 0.3 is 0 Å². The van der Waals surface area contributed by atoms with Crippen molar-refractivity contribution in [3.05, 3.63) is 82.5 Å². The van der Waals surface area contributed by atoms with Gasteiger partial charge in [-0.15, -0.1) is 0 Å². The van der Waals surface area contributed by atoms with Crippen molar-refractivity contribution < 1.29 is 13.2 Å². The van der Waals surface area contributed by atoms with E-state index in [4.69, 9.17) is 11.6 Å². The fourth-order valence-corrected chi connectivity index (χ4v) is 4.75. The summed E-state index contributed by atoms with van der Waals surface area (Å²) in [5.41, 5.74) is 0.838. The standard InChI is InChI=1S/C20H14ClNO3S/c1-22-18(12-16-17(21)7-4-8-19(16)26(22,24)25)20(23)15-10-9-13-5-2-3-6-14(13)11-15/h2-12H,1H3. The van der Waals surface area contributed by atoms with Gasteiger partial charge in [0.2, 0.25) is 5.78 Å². The van der Waals surface area contributed by atoms with Gasteiger partial charge in [0.25, 0.3) is 10.0 Å². The van der Waals surface area contributed by atoms with Crippen molar-refractivity contribution in [1.82, 2.24) is 4.31 Å². The minimum atomic E-state index is -3.83. The van der Waals surface area contributed by atoms with Gasteiger partial charge < -0.3 is 0 Å². The molecule has 1 aliphatic rings. The number of ketones is 1. The number of Topliss-reactive ketones (excluding diaryl/α,β-unsaturated/α-hetero) is 1. The number of fused-ring (bicyclic) bond motifs is 2. The predicted molar refractivity (Wildman–Crippen MR) is 103 cm³/mol. The summed E-state index contributed by atoms with van der Waals surface area (Å²) < 4.78 is 26.6. The Morgan fingerprint density at radius 2 is 1.69 bits per heavy atom. The number of allylic oxidation sites excluding steroid dienone is 1. The van der Waals surface area contributed by atoms with Gasteiger partial charge in [-0.2, -0.15) is 0 Å². The summed E-state index contributed by atoms with van der Waals surface area (Å²) in [4.78, 5) is 13.1. The number of hydrogen-bond acceptors (Lipinski definition) is 3. The molecule has 0 bridgehead atoms. The Morgan fingerprint density at radius 3 is 2.46 bits per heavy atom. The Balaban J connectivity index is 1.88. The highest BCUT2D eigenvalue weighted by molar-refractivity contribution is 7.89. The number of sulfonamides is 1. The number of likely N-dealkylation sites (N-methyl/N-ethyl adjacent to an activating group) is 1. The van der Waals surface area contributed by atoms with E-state index in [1.165, 1.54) is 19.2 Å². The number of halogens is 1. The first-order chi connectivity index (χ1) is 12.4. The fraction of sp³-hybridized carbons (Fsp3) is 0.0500. The highest BCUT2D eigenvalue weighted by atomic mass is 35.5. The van der Waals surface area contributed by atoms with Crippen LogP contribution in [0.4, 0.5) is 0 Å². The van der Waals surface area contributed by atoms with E-state index >= 15 is 0 Å². The average Bonchev–Trinajstić information content (AvgIpc) is 2.64. The molecule has 26 heavy (non-hydrogen) atoms. The summed E-state index contributed by atoms with van der Waals surface area (Å²) >= 11 is 6.17. The van der Waals surface area contributed by atoms with Gasteiger partial charge in [-0.05, 0) is 35.0 Å². The summed E-state index contributed by atoms with van der Waals surface area (Å²) in [6.07, 6.45) is 1.54. The molecule has 1 aliphatic heterocycles. The van der Waals surface area contributed by atoms with E-state index in [0.29, 0.717) is 16.1 Å². The summed E-state index contributed by atoms with van der Waals surface area (Å²) in [5.74, 6) is -0.368. The molecule has 0 aliphatic carbocycles. The molecule has 0 fully saturated rings. The lowest BCUT2D eigenvalue weighted by molar-refractivity contribution is 0.101. The maximum atomic E-state index is 13.0. The Labute approximate surface area is 156 Å². The molecule has 4 rings (SSSR count). The molecule has 0 unspecified atom stereocenters. The molecule has 0 saturated heterocycles. The number of carbonyl (C=O) groups excluding carboxylic acids is 1. The van der Waals surface area contributed by atoms with Crippen LogP contribution in [0.5, 0.6) is 0 Å². The Hall–Kier alpha value is -2.63. The molecule has 0 radical (unpaired) electrons. The lowest BCUT2D eigenvalue weighted by Crippen LogP contribution is -2.33. The highest BCUT2D eigenvalue weighted by Gasteiger charge is 2.34. The first-order valence-electron chi connectivity index (χ1n) is 7.92. The first kappa shape index (κ1) is 16.8. The van der Waals surface area contributed by atoms with E-state index in [1.807, 2.05) is 30.3 Å². The average molecular weight is 384 g/mol. The Bertz CT molecular complexity index is 1200. The smallest absolute Gasteiger partial charge is 0.264 e. The van der Waals surface area contributed by atoms with E-state index in [0.717, 1.165) is 15.1 Å². The molecule has 1 heterocycles. The van der Waals surface area contributed by atoms with Gasteiger partial charge in [0.05, 0.1) is 4.90 Å². The van der Waals surface area contributed by atoms with E-state index in [9.17, 15) is 13.2 Å². The van der Waals surface area contributed by atoms with Crippen molar-refractivity contribution in [2.45, 2.75) is 4.90 Å². The minimum Gasteiger partial charge on any atom is -0.287 e. The largest absolute Gasteiger partial charge is 0.287 e. The van der Waals surface area contributed by atoms with E-state index in [2.05, 4.69) is 0 Å². The van der Waals surface area contributed by atoms with Gasteiger partial charge in [0.15, 0.2) is 0 Å². The maximum Gasteiger partial charge on any atom is 0.264 e. The van der Waals surface area contributed by atoms with Crippen LogP contribution in [0.15, 0.2) is 71.3 Å². The Morgan fingerprint density at radius 1 is 0.962 bits per heavy atom. The third kappa shape index (κ3) is 2.52. The van der Waals surface area contributed by atoms with Crippen LogP contribution in [0, 0.1) is 0 Å². The van der Waals surface area contributed by atoms with E-state index in [1.54, 1.807) is 24.3 Å². The molecule has 0 atom stereocenters.